The van der Waals surface area contributed by atoms with E-state index in [1.807, 2.05) is 0 Å². The minimum absolute atomic E-state index is 0.0000215. The van der Waals surface area contributed by atoms with Gasteiger partial charge in [0.2, 0.25) is 5.82 Å². The van der Waals surface area contributed by atoms with E-state index in [-0.39, 0.29) is 12.7 Å². The molecular formula is C11H9F5O2. The van der Waals surface area contributed by atoms with Crippen molar-refractivity contribution in [2.24, 2.45) is 0 Å². The van der Waals surface area contributed by atoms with Gasteiger partial charge in [0.1, 0.15) is 0 Å². The molecule has 0 bridgehead atoms. The second kappa shape index (κ2) is 5.32. The average Bonchev–Trinajstić information content (AvgIpc) is 2.28. The summed E-state index contributed by atoms with van der Waals surface area (Å²) in [5.74, 6) is -5.93. The fraction of sp³-hybridized carbons (Fsp3) is 0.364. The number of halogens is 5. The highest BCUT2D eigenvalue weighted by Crippen LogP contribution is 2.27. The monoisotopic (exact) mass is 268 g/mol. The molecule has 0 amide bonds. The molecule has 18 heavy (non-hydrogen) atoms. The van der Waals surface area contributed by atoms with Crippen LogP contribution in [0.1, 0.15) is 23.7 Å². The summed E-state index contributed by atoms with van der Waals surface area (Å²) >= 11 is 0. The van der Waals surface area contributed by atoms with Gasteiger partial charge in [-0.2, -0.15) is 17.6 Å². The first-order chi connectivity index (χ1) is 8.27. The summed E-state index contributed by atoms with van der Waals surface area (Å²) in [7, 11) is 0. The number of Topliss-reactive ketones (excluding diaryl/α,β-unsaturated/α-hetero) is 1. The molecule has 0 atom stereocenters. The van der Waals surface area contributed by atoms with Gasteiger partial charge in [-0.05, 0) is 18.6 Å². The van der Waals surface area contributed by atoms with E-state index in [0.717, 1.165) is 0 Å². The molecule has 0 aliphatic rings. The van der Waals surface area contributed by atoms with Crippen molar-refractivity contribution in [2.45, 2.75) is 19.5 Å². The molecule has 1 rings (SSSR count). The van der Waals surface area contributed by atoms with Crippen molar-refractivity contribution in [1.82, 2.24) is 0 Å². The van der Waals surface area contributed by atoms with Gasteiger partial charge in [0.15, 0.2) is 11.6 Å². The summed E-state index contributed by atoms with van der Waals surface area (Å²) in [6.07, 6.45) is -4.69. The summed E-state index contributed by atoms with van der Waals surface area (Å²) in [6.45, 7) is 1.68. The van der Waals surface area contributed by atoms with E-state index in [4.69, 9.17) is 4.74 Å². The second-order valence-electron chi connectivity index (χ2n) is 3.45. The highest BCUT2D eigenvalue weighted by Gasteiger charge is 2.40. The third-order valence-corrected chi connectivity index (χ3v) is 1.98. The van der Waals surface area contributed by atoms with Crippen LogP contribution in [0.4, 0.5) is 22.0 Å². The molecule has 0 N–H and O–H groups in total. The van der Waals surface area contributed by atoms with Crippen molar-refractivity contribution in [3.63, 3.8) is 0 Å². The molecule has 0 spiro atoms. The van der Waals surface area contributed by atoms with E-state index >= 15 is 0 Å². The van der Waals surface area contributed by atoms with Gasteiger partial charge in [-0.1, -0.05) is 6.92 Å². The number of benzene rings is 1. The van der Waals surface area contributed by atoms with Crippen LogP contribution in [0.25, 0.3) is 0 Å². The average molecular weight is 268 g/mol. The number of carbonyl (C=O) groups excluding carboxylic acids is 1. The number of rotatable bonds is 4. The van der Waals surface area contributed by atoms with Gasteiger partial charge in [-0.25, -0.2) is 4.39 Å². The van der Waals surface area contributed by atoms with E-state index < -0.39 is 34.9 Å². The normalized spacial score (nSPS) is 11.4. The largest absolute Gasteiger partial charge is 0.490 e. The lowest BCUT2D eigenvalue weighted by atomic mass is 10.1. The Labute approximate surface area is 99.4 Å². The van der Waals surface area contributed by atoms with Crippen molar-refractivity contribution < 1.29 is 31.5 Å². The highest BCUT2D eigenvalue weighted by atomic mass is 19.4. The third-order valence-electron chi connectivity index (χ3n) is 1.98. The molecule has 1 aromatic rings. The Kier molecular flexibility index (Phi) is 4.26. The Morgan fingerprint density at radius 2 is 1.89 bits per heavy atom. The van der Waals surface area contributed by atoms with Gasteiger partial charge in [-0.3, -0.25) is 4.79 Å². The first kappa shape index (κ1) is 14.4. The van der Waals surface area contributed by atoms with Gasteiger partial charge in [0.25, 0.3) is 5.78 Å². The maximum atomic E-state index is 13.2. The number of carbonyl (C=O) groups is 1. The molecule has 0 aliphatic carbocycles. The van der Waals surface area contributed by atoms with Crippen molar-refractivity contribution in [3.05, 3.63) is 29.3 Å². The van der Waals surface area contributed by atoms with Crippen LogP contribution in [0.2, 0.25) is 0 Å². The van der Waals surface area contributed by atoms with Crippen LogP contribution in [0.3, 0.4) is 0 Å². The Morgan fingerprint density at radius 3 is 2.39 bits per heavy atom. The molecule has 1 aromatic carbocycles. The summed E-state index contributed by atoms with van der Waals surface area (Å²) in [4.78, 5) is 10.9. The van der Waals surface area contributed by atoms with E-state index in [9.17, 15) is 26.7 Å². The second-order valence-corrected chi connectivity index (χ2v) is 3.45. The molecule has 0 unspecified atom stereocenters. The molecule has 0 saturated heterocycles. The summed E-state index contributed by atoms with van der Waals surface area (Å²) in [5.41, 5.74) is -0.993. The summed E-state index contributed by atoms with van der Waals surface area (Å²) < 4.78 is 67.4. The molecule has 0 fully saturated rings. The first-order valence-electron chi connectivity index (χ1n) is 5.00. The molecule has 2 nitrogen and oxygen atoms in total. The quantitative estimate of drug-likeness (QED) is 0.617. The standard InChI is InChI=1S/C11H9F5O2/c1-2-3-18-8-5-6(4-7(12)9(8)13)10(17)11(14,15)16/h4-5H,2-3H2,1H3. The number of ketones is 1. The first-order valence-corrected chi connectivity index (χ1v) is 5.00. The van der Waals surface area contributed by atoms with Crippen LogP contribution in [-0.2, 0) is 0 Å². The van der Waals surface area contributed by atoms with E-state index in [1.165, 1.54) is 0 Å². The Bertz CT molecular complexity index is 453. The molecule has 0 heterocycles. The van der Waals surface area contributed by atoms with Crippen LogP contribution < -0.4 is 4.74 Å². The number of alkyl halides is 3. The maximum absolute atomic E-state index is 13.2. The number of ether oxygens (including phenoxy) is 1. The SMILES string of the molecule is CCCOc1cc(C(=O)C(F)(F)F)cc(F)c1F. The smallest absolute Gasteiger partial charge is 0.454 e. The van der Waals surface area contributed by atoms with Crippen LogP contribution in [0.5, 0.6) is 5.75 Å². The van der Waals surface area contributed by atoms with Crippen molar-refractivity contribution >= 4 is 5.78 Å². The van der Waals surface area contributed by atoms with Crippen molar-refractivity contribution in [3.8, 4) is 5.75 Å². The summed E-state index contributed by atoms with van der Waals surface area (Å²) in [6, 6.07) is 0.744. The fourth-order valence-corrected chi connectivity index (χ4v) is 1.18. The topological polar surface area (TPSA) is 26.3 Å². The van der Waals surface area contributed by atoms with Crippen LogP contribution in [-0.4, -0.2) is 18.6 Å². The van der Waals surface area contributed by atoms with Crippen LogP contribution in [0.15, 0.2) is 12.1 Å². The molecule has 7 heteroatoms. The van der Waals surface area contributed by atoms with E-state index in [1.54, 1.807) is 6.92 Å². The van der Waals surface area contributed by atoms with Gasteiger partial charge < -0.3 is 4.74 Å². The zero-order valence-corrected chi connectivity index (χ0v) is 9.28. The molecule has 0 aliphatic heterocycles. The van der Waals surface area contributed by atoms with Crippen LogP contribution >= 0.6 is 0 Å². The van der Waals surface area contributed by atoms with Gasteiger partial charge in [0, 0.05) is 5.56 Å². The lowest BCUT2D eigenvalue weighted by molar-refractivity contribution is -0.0885. The lowest BCUT2D eigenvalue weighted by Gasteiger charge is -2.10. The van der Waals surface area contributed by atoms with Crippen molar-refractivity contribution in [1.29, 1.82) is 0 Å². The summed E-state index contributed by atoms with van der Waals surface area (Å²) in [5, 5.41) is 0. The molecule has 100 valence electrons. The Hall–Kier alpha value is -1.66. The minimum Gasteiger partial charge on any atom is -0.490 e. The number of hydrogen-bond acceptors (Lipinski definition) is 2. The molecule has 0 saturated carbocycles. The predicted octanol–water partition coefficient (Wildman–Crippen LogP) is 3.50. The zero-order valence-electron chi connectivity index (χ0n) is 9.28. The predicted molar refractivity (Wildman–Crippen MR) is 52.5 cm³/mol. The van der Waals surface area contributed by atoms with E-state index in [2.05, 4.69) is 0 Å². The molecular weight excluding hydrogens is 259 g/mol. The number of hydrogen-bond donors (Lipinski definition) is 0. The highest BCUT2D eigenvalue weighted by molar-refractivity contribution is 6.00. The van der Waals surface area contributed by atoms with Gasteiger partial charge in [-0.15, -0.1) is 0 Å². The Morgan fingerprint density at radius 1 is 1.28 bits per heavy atom. The van der Waals surface area contributed by atoms with E-state index in [0.29, 0.717) is 12.5 Å². The van der Waals surface area contributed by atoms with Gasteiger partial charge in [0.05, 0.1) is 6.61 Å². The maximum Gasteiger partial charge on any atom is 0.454 e. The van der Waals surface area contributed by atoms with Crippen LogP contribution in [0, 0.1) is 11.6 Å². The zero-order chi connectivity index (χ0) is 13.9. The fourth-order valence-electron chi connectivity index (χ4n) is 1.18. The minimum atomic E-state index is -5.15. The molecule has 0 aromatic heterocycles. The van der Waals surface area contributed by atoms with Gasteiger partial charge >= 0.3 is 6.18 Å². The Balaban J connectivity index is 3.16. The molecule has 0 radical (unpaired) electrons. The van der Waals surface area contributed by atoms with Crippen molar-refractivity contribution in [2.75, 3.05) is 6.61 Å². The third kappa shape index (κ3) is 3.18. The lowest BCUT2D eigenvalue weighted by Crippen LogP contribution is -2.23.